The first kappa shape index (κ1) is 7.85. The van der Waals surface area contributed by atoms with Gasteiger partial charge >= 0.3 is 0 Å². The second-order valence-corrected chi connectivity index (χ2v) is 3.55. The third-order valence-corrected chi connectivity index (χ3v) is 2.52. The van der Waals surface area contributed by atoms with Gasteiger partial charge in [0.15, 0.2) is 0 Å². The number of hydrogen-bond acceptors (Lipinski definition) is 1. The van der Waals surface area contributed by atoms with Gasteiger partial charge in [-0.1, -0.05) is 11.6 Å². The molecule has 1 fully saturated rings. The lowest BCUT2D eigenvalue weighted by molar-refractivity contribution is 0.366. The molecule has 0 spiro atoms. The van der Waals surface area contributed by atoms with E-state index >= 15 is 0 Å². The summed E-state index contributed by atoms with van der Waals surface area (Å²) in [6.45, 7) is 3.77. The van der Waals surface area contributed by atoms with Crippen molar-refractivity contribution in [3.8, 4) is 0 Å². The molecule has 0 aromatic carbocycles. The second-order valence-electron chi connectivity index (χ2n) is 3.55. The maximum absolute atomic E-state index is 3.09. The number of rotatable bonds is 2. The van der Waals surface area contributed by atoms with Gasteiger partial charge < -0.3 is 0 Å². The van der Waals surface area contributed by atoms with Crippen LogP contribution in [0.2, 0.25) is 0 Å². The molecule has 0 atom stereocenters. The van der Waals surface area contributed by atoms with Crippen LogP contribution in [0.1, 0.15) is 19.3 Å². The van der Waals surface area contributed by atoms with Gasteiger partial charge in [0, 0.05) is 6.54 Å². The van der Waals surface area contributed by atoms with Crippen molar-refractivity contribution in [2.75, 3.05) is 19.6 Å². The number of allylic oxidation sites excluding steroid dienone is 2. The van der Waals surface area contributed by atoms with Gasteiger partial charge in [0.25, 0.3) is 0 Å². The standard InChI is InChI=1S/C11H15N/c1-2-6-11(7-3-1)10-12-8-4-5-9-12/h2-3,6H,4-5,7-10H2. The Kier molecular flexibility index (Phi) is 2.45. The first-order chi connectivity index (χ1) is 5.95. The Morgan fingerprint density at radius 3 is 2.83 bits per heavy atom. The van der Waals surface area contributed by atoms with Gasteiger partial charge in [-0.05, 0) is 44.5 Å². The molecule has 12 heavy (non-hydrogen) atoms. The van der Waals surface area contributed by atoms with Gasteiger partial charge in [-0.2, -0.15) is 0 Å². The maximum atomic E-state index is 3.09. The smallest absolute Gasteiger partial charge is 0.0199 e. The summed E-state index contributed by atoms with van der Waals surface area (Å²) in [5.41, 5.74) is 4.63. The lowest BCUT2D eigenvalue weighted by Gasteiger charge is -2.16. The molecule has 2 aliphatic rings. The Hall–Kier alpha value is -0.780. The minimum atomic E-state index is 1.10. The highest BCUT2D eigenvalue weighted by Gasteiger charge is 2.12. The van der Waals surface area contributed by atoms with Crippen LogP contribution >= 0.6 is 0 Å². The largest absolute Gasteiger partial charge is 0.299 e. The summed E-state index contributed by atoms with van der Waals surface area (Å²) in [5.74, 6) is 0. The maximum Gasteiger partial charge on any atom is 0.0199 e. The first-order valence-electron chi connectivity index (χ1n) is 4.76. The normalized spacial score (nSPS) is 23.2. The van der Waals surface area contributed by atoms with E-state index < -0.39 is 0 Å². The fourth-order valence-electron chi connectivity index (χ4n) is 1.84. The highest BCUT2D eigenvalue weighted by molar-refractivity contribution is 5.21. The number of hydrogen-bond donors (Lipinski definition) is 0. The summed E-state index contributed by atoms with van der Waals surface area (Å²) in [6, 6.07) is 0. The van der Waals surface area contributed by atoms with E-state index in [1.54, 1.807) is 0 Å². The van der Waals surface area contributed by atoms with Gasteiger partial charge in [0.2, 0.25) is 0 Å². The Bertz CT molecular complexity index is 238. The van der Waals surface area contributed by atoms with Crippen molar-refractivity contribution in [3.05, 3.63) is 29.5 Å². The molecule has 0 aromatic heterocycles. The van der Waals surface area contributed by atoms with Crippen LogP contribution in [0.25, 0.3) is 0 Å². The van der Waals surface area contributed by atoms with Gasteiger partial charge in [-0.3, -0.25) is 4.90 Å². The van der Waals surface area contributed by atoms with E-state index in [9.17, 15) is 0 Å². The molecule has 1 heteroatoms. The third-order valence-electron chi connectivity index (χ3n) is 2.52. The molecular formula is C11H15N. The fraction of sp³-hybridized carbons (Fsp3) is 0.545. The first-order valence-corrected chi connectivity index (χ1v) is 4.76. The van der Waals surface area contributed by atoms with Crippen molar-refractivity contribution in [1.29, 1.82) is 0 Å². The summed E-state index contributed by atoms with van der Waals surface area (Å²) in [5, 5.41) is 0. The van der Waals surface area contributed by atoms with Gasteiger partial charge in [0.05, 0.1) is 0 Å². The Morgan fingerprint density at radius 1 is 1.33 bits per heavy atom. The zero-order valence-corrected chi connectivity index (χ0v) is 7.42. The summed E-state index contributed by atoms with van der Waals surface area (Å²) in [4.78, 5) is 2.54. The highest BCUT2D eigenvalue weighted by atomic mass is 15.1. The minimum absolute atomic E-state index is 1.10. The van der Waals surface area contributed by atoms with Crippen molar-refractivity contribution >= 4 is 0 Å². The zero-order valence-electron chi connectivity index (χ0n) is 7.42. The van der Waals surface area contributed by atoms with Crippen molar-refractivity contribution in [3.63, 3.8) is 0 Å². The average molecular weight is 161 g/mol. The molecular weight excluding hydrogens is 146 g/mol. The molecule has 0 bridgehead atoms. The monoisotopic (exact) mass is 161 g/mol. The Labute approximate surface area is 74.1 Å². The van der Waals surface area contributed by atoms with E-state index in [0.29, 0.717) is 0 Å². The topological polar surface area (TPSA) is 3.24 Å². The summed E-state index contributed by atoms with van der Waals surface area (Å²) in [7, 11) is 0. The fourth-order valence-corrected chi connectivity index (χ4v) is 1.84. The quantitative estimate of drug-likeness (QED) is 0.561. The molecule has 0 unspecified atom stereocenters. The van der Waals surface area contributed by atoms with Crippen molar-refractivity contribution in [1.82, 2.24) is 4.90 Å². The lowest BCUT2D eigenvalue weighted by atomic mass is 10.1. The van der Waals surface area contributed by atoms with E-state index in [4.69, 9.17) is 0 Å². The predicted octanol–water partition coefficient (Wildman–Crippen LogP) is 2.12. The van der Waals surface area contributed by atoms with Gasteiger partial charge in [-0.15, -0.1) is 5.73 Å². The van der Waals surface area contributed by atoms with Crippen LogP contribution in [0, 0.1) is 0 Å². The van der Waals surface area contributed by atoms with Crippen molar-refractivity contribution in [2.24, 2.45) is 0 Å². The molecule has 0 saturated carbocycles. The van der Waals surface area contributed by atoms with Crippen molar-refractivity contribution in [2.45, 2.75) is 19.3 Å². The molecule has 1 saturated heterocycles. The van der Waals surface area contributed by atoms with E-state index in [1.165, 1.54) is 38.0 Å². The molecule has 0 amide bonds. The molecule has 1 nitrogen and oxygen atoms in total. The average Bonchev–Trinajstić information content (AvgIpc) is 2.59. The van der Waals surface area contributed by atoms with E-state index in [0.717, 1.165) is 6.42 Å². The molecule has 0 radical (unpaired) electrons. The van der Waals surface area contributed by atoms with Crippen molar-refractivity contribution < 1.29 is 0 Å². The number of nitrogens with zero attached hydrogens (tertiary/aromatic N) is 1. The molecule has 0 aromatic rings. The second kappa shape index (κ2) is 3.75. The van der Waals surface area contributed by atoms with E-state index in [1.807, 2.05) is 6.08 Å². The van der Waals surface area contributed by atoms with Gasteiger partial charge in [-0.25, -0.2) is 0 Å². The van der Waals surface area contributed by atoms with Gasteiger partial charge in [0.1, 0.15) is 0 Å². The molecule has 1 aliphatic heterocycles. The van der Waals surface area contributed by atoms with Crippen LogP contribution in [0.15, 0.2) is 29.5 Å². The van der Waals surface area contributed by atoms with Crippen LogP contribution in [-0.4, -0.2) is 24.5 Å². The van der Waals surface area contributed by atoms with Crippen LogP contribution in [0.5, 0.6) is 0 Å². The summed E-state index contributed by atoms with van der Waals surface area (Å²) >= 11 is 0. The van der Waals surface area contributed by atoms with E-state index in [-0.39, 0.29) is 0 Å². The third kappa shape index (κ3) is 1.88. The number of likely N-dealkylation sites (tertiary alicyclic amines) is 1. The molecule has 0 N–H and O–H groups in total. The Morgan fingerprint density at radius 2 is 2.17 bits per heavy atom. The molecule has 64 valence electrons. The Balaban J connectivity index is 1.86. The molecule has 1 aliphatic carbocycles. The SMILES string of the molecule is C1=CC=C(CN2CCCC2)CC=1. The zero-order chi connectivity index (χ0) is 8.23. The highest BCUT2D eigenvalue weighted by Crippen LogP contribution is 2.13. The lowest BCUT2D eigenvalue weighted by Crippen LogP contribution is -2.21. The predicted molar refractivity (Wildman–Crippen MR) is 51.0 cm³/mol. The van der Waals surface area contributed by atoms with Crippen LogP contribution in [-0.2, 0) is 0 Å². The summed E-state index contributed by atoms with van der Waals surface area (Å²) in [6.07, 6.45) is 10.2. The molecule has 2 rings (SSSR count). The van der Waals surface area contributed by atoms with E-state index in [2.05, 4.69) is 22.8 Å². The van der Waals surface area contributed by atoms with Crippen LogP contribution in [0.3, 0.4) is 0 Å². The molecule has 1 heterocycles. The minimum Gasteiger partial charge on any atom is -0.299 e. The summed E-state index contributed by atoms with van der Waals surface area (Å²) < 4.78 is 0. The van der Waals surface area contributed by atoms with Crippen LogP contribution in [0.4, 0.5) is 0 Å². The van der Waals surface area contributed by atoms with Crippen LogP contribution < -0.4 is 0 Å².